The number of hydrogen-bond donors (Lipinski definition) is 2. The number of aryl methyl sites for hydroxylation is 1. The molecule has 0 radical (unpaired) electrons. The Labute approximate surface area is 179 Å². The van der Waals surface area contributed by atoms with E-state index < -0.39 is 12.1 Å². The molecule has 6 nitrogen and oxygen atoms in total. The van der Waals surface area contributed by atoms with Gasteiger partial charge in [-0.3, -0.25) is 4.79 Å². The Balaban J connectivity index is 2.21. The summed E-state index contributed by atoms with van der Waals surface area (Å²) < 4.78 is 1.78. The quantitative estimate of drug-likeness (QED) is 0.533. The molecule has 0 aliphatic rings. The van der Waals surface area contributed by atoms with Gasteiger partial charge in [0.15, 0.2) is 0 Å². The lowest BCUT2D eigenvalue weighted by atomic mass is 10.1. The number of imidazole rings is 1. The average Bonchev–Trinajstić information content (AvgIpc) is 3.06. The first kappa shape index (κ1) is 21.4. The number of hydrogen-bond acceptors (Lipinski definition) is 4. The molecule has 0 aliphatic heterocycles. The molecule has 0 saturated carbocycles. The SMILES string of the molecule is CCN(CC)c1cccc2nc(C(O)c3ccc(Cl)cc3Cl)n(CCC(=O)O)c12. The molecular weight excluding hydrogens is 413 g/mol. The molecule has 8 heteroatoms. The van der Waals surface area contributed by atoms with E-state index in [-0.39, 0.29) is 13.0 Å². The smallest absolute Gasteiger partial charge is 0.305 e. The van der Waals surface area contributed by atoms with Crippen molar-refractivity contribution in [3.8, 4) is 0 Å². The summed E-state index contributed by atoms with van der Waals surface area (Å²) >= 11 is 12.3. The third kappa shape index (κ3) is 4.34. The molecule has 0 bridgehead atoms. The second-order valence-corrected chi connectivity index (χ2v) is 7.49. The van der Waals surface area contributed by atoms with Crippen molar-refractivity contribution in [1.29, 1.82) is 0 Å². The highest BCUT2D eigenvalue weighted by molar-refractivity contribution is 6.35. The number of halogens is 2. The van der Waals surface area contributed by atoms with Crippen LogP contribution in [0.1, 0.15) is 37.8 Å². The van der Waals surface area contributed by atoms with Crippen molar-refractivity contribution in [3.63, 3.8) is 0 Å². The summed E-state index contributed by atoms with van der Waals surface area (Å²) in [6.45, 7) is 5.88. The van der Waals surface area contributed by atoms with Gasteiger partial charge in [0.1, 0.15) is 11.9 Å². The highest BCUT2D eigenvalue weighted by atomic mass is 35.5. The highest BCUT2D eigenvalue weighted by Crippen LogP contribution is 2.35. The molecule has 1 aromatic heterocycles. The molecule has 0 saturated heterocycles. The zero-order chi connectivity index (χ0) is 21.1. The van der Waals surface area contributed by atoms with Gasteiger partial charge in [-0.2, -0.15) is 0 Å². The second-order valence-electron chi connectivity index (χ2n) is 6.65. The number of aliphatic carboxylic acids is 1. The van der Waals surface area contributed by atoms with Crippen molar-refractivity contribution in [3.05, 3.63) is 57.8 Å². The fraction of sp³-hybridized carbons (Fsp3) is 0.333. The van der Waals surface area contributed by atoms with Crippen LogP contribution in [0.25, 0.3) is 11.0 Å². The van der Waals surface area contributed by atoms with Gasteiger partial charge in [-0.15, -0.1) is 0 Å². The predicted octanol–water partition coefficient (Wildman–Crippen LogP) is 4.75. The van der Waals surface area contributed by atoms with Gasteiger partial charge in [0.2, 0.25) is 0 Å². The zero-order valence-electron chi connectivity index (χ0n) is 16.3. The first-order valence-corrected chi connectivity index (χ1v) is 10.2. The van der Waals surface area contributed by atoms with E-state index >= 15 is 0 Å². The molecule has 0 aliphatic carbocycles. The van der Waals surface area contributed by atoms with Crippen LogP contribution in [-0.2, 0) is 11.3 Å². The third-order valence-electron chi connectivity index (χ3n) is 4.93. The molecule has 1 heterocycles. The maximum absolute atomic E-state index is 11.3. The van der Waals surface area contributed by atoms with E-state index in [0.29, 0.717) is 26.9 Å². The molecular formula is C21H23Cl2N3O3. The van der Waals surface area contributed by atoms with Crippen molar-refractivity contribution in [2.45, 2.75) is 32.9 Å². The largest absolute Gasteiger partial charge is 0.481 e. The average molecular weight is 436 g/mol. The van der Waals surface area contributed by atoms with E-state index in [2.05, 4.69) is 23.7 Å². The number of carbonyl (C=O) groups is 1. The molecule has 3 rings (SSSR count). The number of fused-ring (bicyclic) bond motifs is 1. The number of carboxylic acids is 1. The topological polar surface area (TPSA) is 78.6 Å². The lowest BCUT2D eigenvalue weighted by Crippen LogP contribution is -2.23. The van der Waals surface area contributed by atoms with Gasteiger partial charge in [0.25, 0.3) is 0 Å². The number of aromatic nitrogens is 2. The Morgan fingerprint density at radius 3 is 2.55 bits per heavy atom. The fourth-order valence-corrected chi connectivity index (χ4v) is 4.02. The van der Waals surface area contributed by atoms with Gasteiger partial charge in [-0.05, 0) is 38.1 Å². The summed E-state index contributed by atoms with van der Waals surface area (Å²) in [5.41, 5.74) is 2.91. The minimum Gasteiger partial charge on any atom is -0.481 e. The molecule has 154 valence electrons. The minimum absolute atomic E-state index is 0.0912. The maximum atomic E-state index is 11.3. The number of rotatable bonds is 8. The molecule has 0 fully saturated rings. The molecule has 1 atom stereocenters. The Morgan fingerprint density at radius 2 is 1.93 bits per heavy atom. The van der Waals surface area contributed by atoms with Gasteiger partial charge < -0.3 is 19.7 Å². The van der Waals surface area contributed by atoms with Crippen molar-refractivity contribution < 1.29 is 15.0 Å². The molecule has 1 unspecified atom stereocenters. The van der Waals surface area contributed by atoms with Crippen molar-refractivity contribution >= 4 is 45.9 Å². The number of aliphatic hydroxyl groups excluding tert-OH is 1. The van der Waals surface area contributed by atoms with Gasteiger partial charge >= 0.3 is 5.97 Å². The van der Waals surface area contributed by atoms with Crippen LogP contribution in [0.2, 0.25) is 10.0 Å². The highest BCUT2D eigenvalue weighted by Gasteiger charge is 2.24. The lowest BCUT2D eigenvalue weighted by molar-refractivity contribution is -0.137. The number of anilines is 1. The predicted molar refractivity (Wildman–Crippen MR) is 116 cm³/mol. The second kappa shape index (κ2) is 9.03. The molecule has 2 N–H and O–H groups in total. The van der Waals surface area contributed by atoms with E-state index in [1.807, 2.05) is 18.2 Å². The summed E-state index contributed by atoms with van der Waals surface area (Å²) in [7, 11) is 0. The fourth-order valence-electron chi connectivity index (χ4n) is 3.51. The Kier molecular flexibility index (Phi) is 6.67. The van der Waals surface area contributed by atoms with Crippen molar-refractivity contribution in [1.82, 2.24) is 9.55 Å². The summed E-state index contributed by atoms with van der Waals surface area (Å²) in [5.74, 6) is -0.567. The molecule has 3 aromatic rings. The number of para-hydroxylation sites is 1. The number of nitrogens with zero attached hydrogens (tertiary/aromatic N) is 3. The van der Waals surface area contributed by atoms with Crippen LogP contribution in [-0.4, -0.2) is 38.8 Å². The first-order valence-electron chi connectivity index (χ1n) is 9.46. The van der Waals surface area contributed by atoms with Crippen LogP contribution < -0.4 is 4.90 Å². The zero-order valence-corrected chi connectivity index (χ0v) is 17.8. The third-order valence-corrected chi connectivity index (χ3v) is 5.49. The monoisotopic (exact) mass is 435 g/mol. The number of aliphatic hydroxyl groups is 1. The van der Waals surface area contributed by atoms with Crippen LogP contribution in [0, 0.1) is 0 Å². The van der Waals surface area contributed by atoms with Crippen LogP contribution >= 0.6 is 23.2 Å². The number of benzene rings is 2. The summed E-state index contributed by atoms with van der Waals surface area (Å²) in [6, 6.07) is 10.6. The number of carboxylic acid groups (broad SMARTS) is 1. The lowest BCUT2D eigenvalue weighted by Gasteiger charge is -2.23. The van der Waals surface area contributed by atoms with Gasteiger partial charge in [-0.1, -0.05) is 35.3 Å². The standard InChI is InChI=1S/C21H23Cl2N3O3/c1-3-25(4-2)17-7-5-6-16-19(17)26(11-10-18(27)28)21(24-16)20(29)14-9-8-13(22)12-15(14)23/h5-9,12,20,29H,3-4,10-11H2,1-2H3,(H,27,28). The van der Waals surface area contributed by atoms with Gasteiger partial charge in [0, 0.05) is 35.2 Å². The Hall–Kier alpha value is -2.28. The van der Waals surface area contributed by atoms with E-state index in [1.165, 1.54) is 0 Å². The van der Waals surface area contributed by atoms with E-state index in [9.17, 15) is 15.0 Å². The summed E-state index contributed by atoms with van der Waals surface area (Å²) in [4.78, 5) is 18.1. The van der Waals surface area contributed by atoms with Crippen molar-refractivity contribution in [2.75, 3.05) is 18.0 Å². The normalized spacial score (nSPS) is 12.3. The van der Waals surface area contributed by atoms with Crippen LogP contribution in [0.15, 0.2) is 36.4 Å². The van der Waals surface area contributed by atoms with E-state index in [1.54, 1.807) is 22.8 Å². The van der Waals surface area contributed by atoms with Crippen molar-refractivity contribution in [2.24, 2.45) is 0 Å². The maximum Gasteiger partial charge on any atom is 0.305 e. The molecule has 0 spiro atoms. The summed E-state index contributed by atoms with van der Waals surface area (Å²) in [5, 5.41) is 21.1. The van der Waals surface area contributed by atoms with Gasteiger partial charge in [0.05, 0.1) is 23.1 Å². The molecule has 0 amide bonds. The van der Waals surface area contributed by atoms with E-state index in [4.69, 9.17) is 23.2 Å². The minimum atomic E-state index is -1.12. The van der Waals surface area contributed by atoms with Crippen LogP contribution in [0.4, 0.5) is 5.69 Å². The molecule has 29 heavy (non-hydrogen) atoms. The summed E-state index contributed by atoms with van der Waals surface area (Å²) in [6.07, 6.45) is -1.21. The van der Waals surface area contributed by atoms with E-state index in [0.717, 1.165) is 24.3 Å². The van der Waals surface area contributed by atoms with Crippen LogP contribution in [0.3, 0.4) is 0 Å². The Bertz CT molecular complexity index is 1030. The Morgan fingerprint density at radius 1 is 1.21 bits per heavy atom. The molecule has 2 aromatic carbocycles. The van der Waals surface area contributed by atoms with Gasteiger partial charge in [-0.25, -0.2) is 4.98 Å². The van der Waals surface area contributed by atoms with Crippen LogP contribution in [0.5, 0.6) is 0 Å². The first-order chi connectivity index (χ1) is 13.9.